The van der Waals surface area contributed by atoms with Crippen molar-refractivity contribution in [3.63, 3.8) is 0 Å². The minimum absolute atomic E-state index is 0.0126. The summed E-state index contributed by atoms with van der Waals surface area (Å²) in [6.07, 6.45) is 0. The van der Waals surface area contributed by atoms with Gasteiger partial charge in [-0.1, -0.05) is 23.2 Å². The Morgan fingerprint density at radius 1 is 1.00 bits per heavy atom. The number of halogens is 4. The predicted molar refractivity (Wildman–Crippen MR) is 57.1 cm³/mol. The number of nitrogens with zero attached hydrogens (tertiary/aromatic N) is 3. The molecule has 0 aromatic carbocycles. The zero-order valence-corrected chi connectivity index (χ0v) is 9.62. The van der Waals surface area contributed by atoms with E-state index in [1.165, 1.54) is 6.92 Å². The van der Waals surface area contributed by atoms with Crippen LogP contribution < -0.4 is 0 Å². The molecule has 0 amide bonds. The first-order valence-electron chi connectivity index (χ1n) is 3.85. The van der Waals surface area contributed by atoms with E-state index in [9.17, 15) is 4.39 Å². The Morgan fingerprint density at radius 2 is 1.60 bits per heavy atom. The quantitative estimate of drug-likeness (QED) is 0.416. The van der Waals surface area contributed by atoms with E-state index >= 15 is 0 Å². The van der Waals surface area contributed by atoms with Crippen LogP contribution in [0.15, 0.2) is 0 Å². The topological polar surface area (TPSA) is 38.7 Å². The fraction of sp³-hybridized carbons (Fsp3) is 0.125. The highest BCUT2D eigenvalue weighted by molar-refractivity contribution is 6.41. The highest BCUT2D eigenvalue weighted by Gasteiger charge is 2.16. The predicted octanol–water partition coefficient (Wildman–Crippen LogP) is 3.43. The fourth-order valence-corrected chi connectivity index (χ4v) is 2.00. The lowest BCUT2D eigenvalue weighted by atomic mass is 10.2. The van der Waals surface area contributed by atoms with Crippen molar-refractivity contribution in [2.75, 3.05) is 0 Å². The maximum Gasteiger partial charge on any atom is 0.224 e. The van der Waals surface area contributed by atoms with Gasteiger partial charge in [0.15, 0.2) is 5.82 Å². The first kappa shape index (κ1) is 10.8. The Morgan fingerprint density at radius 3 is 2.27 bits per heavy atom. The molecule has 0 aliphatic carbocycles. The molecule has 2 aromatic heterocycles. The zero-order chi connectivity index (χ0) is 11.2. The molecule has 0 spiro atoms. The summed E-state index contributed by atoms with van der Waals surface area (Å²) in [5.74, 6) is -0.597. The summed E-state index contributed by atoms with van der Waals surface area (Å²) in [5, 5.41) is 0.0888. The molecular formula is C8H3Cl3FN3. The third-order valence-corrected chi connectivity index (χ3v) is 2.55. The van der Waals surface area contributed by atoms with Crippen molar-refractivity contribution < 1.29 is 4.39 Å². The van der Waals surface area contributed by atoms with Gasteiger partial charge < -0.3 is 0 Å². The van der Waals surface area contributed by atoms with Gasteiger partial charge >= 0.3 is 0 Å². The molecule has 0 radical (unpaired) electrons. The van der Waals surface area contributed by atoms with Crippen LogP contribution >= 0.6 is 34.8 Å². The molecule has 7 heteroatoms. The monoisotopic (exact) mass is 265 g/mol. The van der Waals surface area contributed by atoms with Gasteiger partial charge in [0.25, 0.3) is 0 Å². The van der Waals surface area contributed by atoms with Crippen molar-refractivity contribution in [2.24, 2.45) is 0 Å². The summed E-state index contributed by atoms with van der Waals surface area (Å²) in [5.41, 5.74) is 0.121. The molecule has 0 bridgehead atoms. The summed E-state index contributed by atoms with van der Waals surface area (Å²) >= 11 is 17.1. The number of aryl methyl sites for hydroxylation is 1. The van der Waals surface area contributed by atoms with Gasteiger partial charge in [-0.2, -0.15) is 0 Å². The molecular weight excluding hydrogens is 263 g/mol. The van der Waals surface area contributed by atoms with Gasteiger partial charge in [0.05, 0.1) is 11.1 Å². The molecule has 0 N–H and O–H groups in total. The second-order valence-corrected chi connectivity index (χ2v) is 3.86. The summed E-state index contributed by atoms with van der Waals surface area (Å²) in [4.78, 5) is 11.2. The summed E-state index contributed by atoms with van der Waals surface area (Å²) in [7, 11) is 0. The Labute approximate surface area is 99.2 Å². The van der Waals surface area contributed by atoms with Crippen LogP contribution in [0, 0.1) is 12.7 Å². The Balaban J connectivity index is 3.02. The molecule has 0 unspecified atom stereocenters. The third-order valence-electron chi connectivity index (χ3n) is 1.84. The fourth-order valence-electron chi connectivity index (χ4n) is 1.17. The highest BCUT2D eigenvalue weighted by Crippen LogP contribution is 2.30. The lowest BCUT2D eigenvalue weighted by molar-refractivity contribution is 0.619. The molecule has 0 aliphatic rings. The summed E-state index contributed by atoms with van der Waals surface area (Å²) < 4.78 is 13.6. The molecule has 2 rings (SSSR count). The van der Waals surface area contributed by atoms with Crippen LogP contribution in [-0.4, -0.2) is 15.0 Å². The normalized spacial score (nSPS) is 11.0. The number of hydrogen-bond acceptors (Lipinski definition) is 3. The number of rotatable bonds is 0. The molecule has 0 fully saturated rings. The first-order valence-corrected chi connectivity index (χ1v) is 4.98. The molecule has 0 saturated heterocycles. The summed E-state index contributed by atoms with van der Waals surface area (Å²) in [6, 6.07) is 0. The van der Waals surface area contributed by atoms with Crippen molar-refractivity contribution in [3.8, 4) is 0 Å². The van der Waals surface area contributed by atoms with Gasteiger partial charge in [-0.15, -0.1) is 0 Å². The molecule has 0 atom stereocenters. The van der Waals surface area contributed by atoms with Crippen LogP contribution in [0.4, 0.5) is 4.39 Å². The molecule has 78 valence electrons. The minimum Gasteiger partial charge on any atom is -0.237 e. The molecule has 0 aliphatic heterocycles. The van der Waals surface area contributed by atoms with Crippen LogP contribution in [0.2, 0.25) is 15.6 Å². The van der Waals surface area contributed by atoms with E-state index in [1.54, 1.807) is 0 Å². The maximum absolute atomic E-state index is 13.6. The van der Waals surface area contributed by atoms with Crippen LogP contribution in [0.1, 0.15) is 5.69 Å². The first-order chi connectivity index (χ1) is 7.00. The van der Waals surface area contributed by atoms with E-state index in [2.05, 4.69) is 15.0 Å². The van der Waals surface area contributed by atoms with Crippen molar-refractivity contribution in [2.45, 2.75) is 6.92 Å². The Bertz CT molecular complexity index is 550. The van der Waals surface area contributed by atoms with E-state index in [4.69, 9.17) is 34.8 Å². The molecule has 0 saturated carbocycles. The number of hydrogen-bond donors (Lipinski definition) is 0. The maximum atomic E-state index is 13.6. The van der Waals surface area contributed by atoms with Gasteiger partial charge in [-0.3, -0.25) is 0 Å². The number of aromatic nitrogens is 3. The highest BCUT2D eigenvalue weighted by atomic mass is 35.5. The van der Waals surface area contributed by atoms with Gasteiger partial charge in [-0.25, -0.2) is 19.3 Å². The average molecular weight is 266 g/mol. The van der Waals surface area contributed by atoms with Crippen LogP contribution in [0.25, 0.3) is 10.9 Å². The molecule has 2 aromatic rings. The van der Waals surface area contributed by atoms with E-state index in [0.717, 1.165) is 0 Å². The van der Waals surface area contributed by atoms with Crippen molar-refractivity contribution in [3.05, 3.63) is 27.1 Å². The molecule has 2 heterocycles. The Kier molecular flexibility index (Phi) is 2.66. The second kappa shape index (κ2) is 3.70. The van der Waals surface area contributed by atoms with Crippen molar-refractivity contribution in [1.29, 1.82) is 0 Å². The van der Waals surface area contributed by atoms with E-state index in [-0.39, 0.29) is 32.2 Å². The van der Waals surface area contributed by atoms with E-state index in [0.29, 0.717) is 0 Å². The number of pyridine rings is 1. The van der Waals surface area contributed by atoms with Gasteiger partial charge in [-0.05, 0) is 18.5 Å². The molecule has 3 nitrogen and oxygen atoms in total. The second-order valence-electron chi connectivity index (χ2n) is 2.81. The van der Waals surface area contributed by atoms with Crippen LogP contribution in [-0.2, 0) is 0 Å². The van der Waals surface area contributed by atoms with Crippen molar-refractivity contribution >= 4 is 45.7 Å². The standard InChI is InChI=1S/C8H3Cl3FN3/c1-2-4(12)5-3(6(9)13-2)7(10)15-8(11)14-5/h1H3. The van der Waals surface area contributed by atoms with Gasteiger partial charge in [0.2, 0.25) is 5.28 Å². The summed E-state index contributed by atoms with van der Waals surface area (Å²) in [6.45, 7) is 1.48. The lowest BCUT2D eigenvalue weighted by Crippen LogP contribution is -1.97. The van der Waals surface area contributed by atoms with Gasteiger partial charge in [0, 0.05) is 0 Å². The van der Waals surface area contributed by atoms with Crippen molar-refractivity contribution in [1.82, 2.24) is 15.0 Å². The van der Waals surface area contributed by atoms with E-state index < -0.39 is 5.82 Å². The molecule has 15 heavy (non-hydrogen) atoms. The van der Waals surface area contributed by atoms with Crippen LogP contribution in [0.3, 0.4) is 0 Å². The smallest absolute Gasteiger partial charge is 0.224 e. The third kappa shape index (κ3) is 1.73. The Hall–Kier alpha value is -0.710. The minimum atomic E-state index is -0.597. The lowest BCUT2D eigenvalue weighted by Gasteiger charge is -2.04. The SMILES string of the molecule is Cc1nc(Cl)c2c(Cl)nc(Cl)nc2c1F. The number of fused-ring (bicyclic) bond motifs is 1. The van der Waals surface area contributed by atoms with Crippen LogP contribution in [0.5, 0.6) is 0 Å². The van der Waals surface area contributed by atoms with E-state index in [1.807, 2.05) is 0 Å². The van der Waals surface area contributed by atoms with Gasteiger partial charge in [0.1, 0.15) is 15.8 Å². The zero-order valence-electron chi connectivity index (χ0n) is 7.35. The largest absolute Gasteiger partial charge is 0.237 e. The average Bonchev–Trinajstić information content (AvgIpc) is 2.12.